The number of hydrogen-bond acceptors (Lipinski definition) is 6. The molecule has 31 heavy (non-hydrogen) atoms. The van der Waals surface area contributed by atoms with E-state index in [1.807, 2.05) is 29.2 Å². The monoisotopic (exact) mass is 422 g/mol. The van der Waals surface area contributed by atoms with Crippen molar-refractivity contribution in [2.45, 2.75) is 55.9 Å². The molecule has 6 rings (SSSR count). The topological polar surface area (TPSA) is 71.7 Å². The highest BCUT2D eigenvalue weighted by Crippen LogP contribution is 2.51. The predicted octanol–water partition coefficient (Wildman–Crippen LogP) is 3.28. The zero-order valence-electron chi connectivity index (χ0n) is 18.1. The first-order chi connectivity index (χ1) is 15.2. The summed E-state index contributed by atoms with van der Waals surface area (Å²) in [6.45, 7) is 3.68. The zero-order chi connectivity index (χ0) is 21.0. The van der Waals surface area contributed by atoms with Crippen LogP contribution in [-0.2, 0) is 10.2 Å². The summed E-state index contributed by atoms with van der Waals surface area (Å²) in [4.78, 5) is 22.5. The van der Waals surface area contributed by atoms with Gasteiger partial charge < -0.3 is 14.2 Å². The third-order valence-electron chi connectivity index (χ3n) is 7.63. The molecule has 0 bridgehead atoms. The van der Waals surface area contributed by atoms with Gasteiger partial charge in [0.1, 0.15) is 5.75 Å². The SMILES string of the molecule is COc1ccc(C2(C(=O)N3CC(c4noc(C5CCCN5CC5CC5)n4)C3)CC2)cc1. The molecule has 164 valence electrons. The minimum Gasteiger partial charge on any atom is -0.497 e. The van der Waals surface area contributed by atoms with E-state index in [1.54, 1.807) is 7.11 Å². The van der Waals surface area contributed by atoms with Crippen LogP contribution in [0.2, 0.25) is 0 Å². The second-order valence-corrected chi connectivity index (χ2v) is 9.80. The fourth-order valence-electron chi connectivity index (χ4n) is 5.28. The number of ether oxygens (including phenoxy) is 1. The van der Waals surface area contributed by atoms with Crippen LogP contribution in [0.5, 0.6) is 5.75 Å². The number of nitrogens with zero attached hydrogens (tertiary/aromatic N) is 4. The first kappa shape index (κ1) is 19.3. The molecule has 0 spiro atoms. The number of hydrogen-bond donors (Lipinski definition) is 0. The first-order valence-electron chi connectivity index (χ1n) is 11.7. The smallest absolute Gasteiger partial charge is 0.244 e. The Balaban J connectivity index is 1.08. The Bertz CT molecular complexity index is 957. The fourth-order valence-corrected chi connectivity index (χ4v) is 5.28. The zero-order valence-corrected chi connectivity index (χ0v) is 18.1. The number of amides is 1. The van der Waals surface area contributed by atoms with Crippen molar-refractivity contribution in [1.82, 2.24) is 19.9 Å². The van der Waals surface area contributed by atoms with Gasteiger partial charge in [-0.1, -0.05) is 17.3 Å². The molecule has 2 aliphatic heterocycles. The average molecular weight is 423 g/mol. The number of rotatable bonds is 7. The Morgan fingerprint density at radius 2 is 1.97 bits per heavy atom. The van der Waals surface area contributed by atoms with Crippen molar-refractivity contribution in [2.75, 3.05) is 33.3 Å². The molecule has 7 heteroatoms. The summed E-state index contributed by atoms with van der Waals surface area (Å²) >= 11 is 0. The molecule has 2 aliphatic carbocycles. The van der Waals surface area contributed by atoms with Crippen molar-refractivity contribution in [3.05, 3.63) is 41.5 Å². The molecule has 0 N–H and O–H groups in total. The van der Waals surface area contributed by atoms with Gasteiger partial charge in [0, 0.05) is 19.6 Å². The Kier molecular flexibility index (Phi) is 4.56. The molecule has 2 saturated carbocycles. The van der Waals surface area contributed by atoms with Crippen LogP contribution in [0.15, 0.2) is 28.8 Å². The number of methoxy groups -OCH3 is 1. The molecular formula is C24H30N4O3. The molecule has 1 amide bonds. The highest BCUT2D eigenvalue weighted by atomic mass is 16.5. The van der Waals surface area contributed by atoms with E-state index in [0.29, 0.717) is 13.1 Å². The second kappa shape index (κ2) is 7.33. The van der Waals surface area contributed by atoms with Gasteiger partial charge in [-0.3, -0.25) is 9.69 Å². The molecule has 4 fully saturated rings. The number of benzene rings is 1. The first-order valence-corrected chi connectivity index (χ1v) is 11.7. The van der Waals surface area contributed by atoms with E-state index in [4.69, 9.17) is 14.2 Å². The number of likely N-dealkylation sites (tertiary alicyclic amines) is 2. The maximum Gasteiger partial charge on any atom is 0.244 e. The molecular weight excluding hydrogens is 392 g/mol. The van der Waals surface area contributed by atoms with Crippen LogP contribution >= 0.6 is 0 Å². The van der Waals surface area contributed by atoms with E-state index < -0.39 is 0 Å². The lowest BCUT2D eigenvalue weighted by atomic mass is 9.90. The normalized spacial score (nSPS) is 25.5. The van der Waals surface area contributed by atoms with E-state index in [0.717, 1.165) is 54.8 Å². The van der Waals surface area contributed by atoms with Crippen LogP contribution in [0, 0.1) is 5.92 Å². The second-order valence-electron chi connectivity index (χ2n) is 9.80. The summed E-state index contributed by atoms with van der Waals surface area (Å²) in [7, 11) is 1.66. The Labute approximate surface area is 182 Å². The quantitative estimate of drug-likeness (QED) is 0.682. The van der Waals surface area contributed by atoms with E-state index in [-0.39, 0.29) is 23.3 Å². The van der Waals surface area contributed by atoms with E-state index in [1.165, 1.54) is 25.8 Å². The molecule has 1 atom stereocenters. The van der Waals surface area contributed by atoms with E-state index in [9.17, 15) is 4.79 Å². The van der Waals surface area contributed by atoms with Crippen molar-refractivity contribution in [1.29, 1.82) is 0 Å². The largest absolute Gasteiger partial charge is 0.497 e. The van der Waals surface area contributed by atoms with Crippen molar-refractivity contribution in [2.24, 2.45) is 5.92 Å². The summed E-state index contributed by atoms with van der Waals surface area (Å²) in [6.07, 6.45) is 6.88. The summed E-state index contributed by atoms with van der Waals surface area (Å²) < 4.78 is 10.9. The van der Waals surface area contributed by atoms with Crippen LogP contribution in [0.25, 0.3) is 0 Å². The van der Waals surface area contributed by atoms with Gasteiger partial charge in [0.05, 0.1) is 24.5 Å². The van der Waals surface area contributed by atoms with E-state index >= 15 is 0 Å². The molecule has 3 heterocycles. The van der Waals surface area contributed by atoms with Gasteiger partial charge in [-0.05, 0) is 68.7 Å². The van der Waals surface area contributed by atoms with Crippen molar-refractivity contribution < 1.29 is 14.1 Å². The van der Waals surface area contributed by atoms with Crippen LogP contribution < -0.4 is 4.74 Å². The van der Waals surface area contributed by atoms with E-state index in [2.05, 4.69) is 10.1 Å². The minimum absolute atomic E-state index is 0.186. The molecule has 1 aromatic heterocycles. The maximum absolute atomic E-state index is 13.2. The van der Waals surface area contributed by atoms with Gasteiger partial charge in [0.15, 0.2) is 5.82 Å². The summed E-state index contributed by atoms with van der Waals surface area (Å²) in [5.41, 5.74) is 0.757. The molecule has 1 unspecified atom stereocenters. The van der Waals surface area contributed by atoms with Gasteiger partial charge in [-0.25, -0.2) is 0 Å². The van der Waals surface area contributed by atoms with Crippen molar-refractivity contribution >= 4 is 5.91 Å². The lowest BCUT2D eigenvalue weighted by molar-refractivity contribution is -0.138. The standard InChI is InChI=1S/C24H30N4O3/c1-30-19-8-6-18(7-9-19)24(10-11-24)23(29)28-14-17(15-28)21-25-22(31-26-21)20-3-2-12-27(20)13-16-4-5-16/h6-9,16-17,20H,2-5,10-15H2,1H3. The minimum atomic E-state index is -0.340. The maximum atomic E-state index is 13.2. The van der Waals surface area contributed by atoms with Crippen LogP contribution in [0.1, 0.15) is 67.8 Å². The highest BCUT2D eigenvalue weighted by molar-refractivity contribution is 5.92. The molecule has 2 aromatic rings. The third kappa shape index (κ3) is 3.43. The average Bonchev–Trinajstić information content (AvgIpc) is 3.65. The highest BCUT2D eigenvalue weighted by Gasteiger charge is 2.55. The van der Waals surface area contributed by atoms with Gasteiger partial charge in [-0.2, -0.15) is 4.98 Å². The summed E-state index contributed by atoms with van der Waals surface area (Å²) in [5, 5.41) is 4.30. The number of carbonyl (C=O) groups is 1. The summed E-state index contributed by atoms with van der Waals surface area (Å²) in [5.74, 6) is 3.66. The Hall–Kier alpha value is -2.41. The predicted molar refractivity (Wildman–Crippen MR) is 114 cm³/mol. The molecule has 1 aromatic carbocycles. The van der Waals surface area contributed by atoms with Crippen molar-refractivity contribution in [3.8, 4) is 5.75 Å². The van der Waals surface area contributed by atoms with Gasteiger partial charge >= 0.3 is 0 Å². The lowest BCUT2D eigenvalue weighted by Gasteiger charge is -2.39. The lowest BCUT2D eigenvalue weighted by Crippen LogP contribution is -2.52. The fraction of sp³-hybridized carbons (Fsp3) is 0.625. The summed E-state index contributed by atoms with van der Waals surface area (Å²) in [6, 6.07) is 8.23. The Morgan fingerprint density at radius 1 is 1.19 bits per heavy atom. The number of carbonyl (C=O) groups excluding carboxylic acids is 1. The van der Waals surface area contributed by atoms with Crippen LogP contribution in [-0.4, -0.2) is 59.1 Å². The third-order valence-corrected chi connectivity index (χ3v) is 7.63. The van der Waals surface area contributed by atoms with Crippen LogP contribution in [0.3, 0.4) is 0 Å². The van der Waals surface area contributed by atoms with Crippen LogP contribution in [0.4, 0.5) is 0 Å². The molecule has 7 nitrogen and oxygen atoms in total. The molecule has 2 saturated heterocycles. The van der Waals surface area contributed by atoms with Crippen molar-refractivity contribution in [3.63, 3.8) is 0 Å². The molecule has 0 radical (unpaired) electrons. The van der Waals surface area contributed by atoms with Gasteiger partial charge in [-0.15, -0.1) is 0 Å². The van der Waals surface area contributed by atoms with Gasteiger partial charge in [0.25, 0.3) is 0 Å². The molecule has 4 aliphatic rings. The number of aromatic nitrogens is 2. The Morgan fingerprint density at radius 3 is 2.65 bits per heavy atom. The van der Waals surface area contributed by atoms with Gasteiger partial charge in [0.2, 0.25) is 11.8 Å².